The minimum Gasteiger partial charge on any atom is -0.491 e. The van der Waals surface area contributed by atoms with E-state index in [0.29, 0.717) is 11.3 Å². The molecule has 150 valence electrons. The summed E-state index contributed by atoms with van der Waals surface area (Å²) in [4.78, 5) is 16.9. The first kappa shape index (κ1) is 20.8. The molecule has 3 aromatic rings. The lowest BCUT2D eigenvalue weighted by atomic mass is 10.0. The second kappa shape index (κ2) is 8.63. The van der Waals surface area contributed by atoms with E-state index >= 15 is 0 Å². The van der Waals surface area contributed by atoms with Crippen LogP contribution in [0.15, 0.2) is 71.8 Å². The summed E-state index contributed by atoms with van der Waals surface area (Å²) in [6, 6.07) is 15.9. The van der Waals surface area contributed by atoms with Crippen LogP contribution in [0.3, 0.4) is 0 Å². The van der Waals surface area contributed by atoms with Crippen LogP contribution in [0, 0.1) is 0 Å². The van der Waals surface area contributed by atoms with E-state index in [1.54, 1.807) is 42.5 Å². The van der Waals surface area contributed by atoms with Gasteiger partial charge in [-0.15, -0.1) is 0 Å². The number of anilines is 1. The molecule has 0 saturated carbocycles. The summed E-state index contributed by atoms with van der Waals surface area (Å²) in [6.07, 6.45) is 1.25. The molecule has 0 aliphatic carbocycles. The van der Waals surface area contributed by atoms with Crippen molar-refractivity contribution in [2.45, 2.75) is 24.8 Å². The third-order valence-electron chi connectivity index (χ3n) is 3.87. The number of hydrogen-bond donors (Lipinski definition) is 1. The number of pyridine rings is 1. The summed E-state index contributed by atoms with van der Waals surface area (Å²) in [5.74, 6) is 0.0771. The Morgan fingerprint density at radius 2 is 1.72 bits per heavy atom. The average Bonchev–Trinajstić information content (AvgIpc) is 2.69. The lowest BCUT2D eigenvalue weighted by Crippen LogP contribution is -2.17. The Morgan fingerprint density at radius 3 is 2.34 bits per heavy atom. The van der Waals surface area contributed by atoms with Crippen LogP contribution in [-0.2, 0) is 10.0 Å². The highest BCUT2D eigenvalue weighted by molar-refractivity contribution is 7.92. The monoisotopic (exact) mass is 430 g/mol. The van der Waals surface area contributed by atoms with Gasteiger partial charge in [-0.25, -0.2) is 13.4 Å². The van der Waals surface area contributed by atoms with Crippen molar-refractivity contribution in [3.8, 4) is 5.75 Å². The molecule has 1 N–H and O–H groups in total. The topological polar surface area (TPSA) is 85.4 Å². The van der Waals surface area contributed by atoms with Gasteiger partial charge in [0.1, 0.15) is 5.75 Å². The first-order chi connectivity index (χ1) is 13.8. The molecule has 29 heavy (non-hydrogen) atoms. The highest BCUT2D eigenvalue weighted by Gasteiger charge is 2.21. The first-order valence-electron chi connectivity index (χ1n) is 8.81. The van der Waals surface area contributed by atoms with Gasteiger partial charge in [0, 0.05) is 11.8 Å². The normalized spacial score (nSPS) is 11.3. The Hall–Kier alpha value is -2.90. The Bertz CT molecular complexity index is 1120. The number of rotatable bonds is 7. The lowest BCUT2D eigenvalue weighted by molar-refractivity contribution is 0.103. The highest BCUT2D eigenvalue weighted by Crippen LogP contribution is 2.25. The third-order valence-corrected chi connectivity index (χ3v) is 5.43. The first-order valence-corrected chi connectivity index (χ1v) is 10.7. The quantitative estimate of drug-likeness (QED) is 0.555. The van der Waals surface area contributed by atoms with Crippen molar-refractivity contribution in [2.75, 3.05) is 4.72 Å². The maximum Gasteiger partial charge on any atom is 0.263 e. The lowest BCUT2D eigenvalue weighted by Gasteiger charge is -2.13. The van der Waals surface area contributed by atoms with Crippen LogP contribution in [0.25, 0.3) is 0 Å². The smallest absolute Gasteiger partial charge is 0.263 e. The molecule has 1 aromatic heterocycles. The maximum absolute atomic E-state index is 12.8. The molecule has 2 aromatic carbocycles. The number of nitrogens with one attached hydrogen (secondary N) is 1. The average molecular weight is 431 g/mol. The van der Waals surface area contributed by atoms with E-state index in [0.717, 1.165) is 0 Å². The van der Waals surface area contributed by atoms with E-state index in [-0.39, 0.29) is 33.2 Å². The van der Waals surface area contributed by atoms with Crippen molar-refractivity contribution in [3.05, 3.63) is 83.0 Å². The Balaban J connectivity index is 1.92. The van der Waals surface area contributed by atoms with E-state index in [9.17, 15) is 13.2 Å². The molecular weight excluding hydrogens is 412 g/mol. The van der Waals surface area contributed by atoms with Crippen LogP contribution < -0.4 is 9.46 Å². The number of nitrogens with zero attached hydrogens (tertiary/aromatic N) is 1. The van der Waals surface area contributed by atoms with Gasteiger partial charge in [0.2, 0.25) is 0 Å². The number of hydrogen-bond acceptors (Lipinski definition) is 5. The summed E-state index contributed by atoms with van der Waals surface area (Å²) in [7, 11) is -3.97. The predicted molar refractivity (Wildman–Crippen MR) is 112 cm³/mol. The molecule has 0 radical (unpaired) electrons. The number of ether oxygens (including phenoxy) is 1. The molecule has 0 saturated heterocycles. The Labute approximate surface area is 174 Å². The van der Waals surface area contributed by atoms with Crippen LogP contribution in [-0.4, -0.2) is 25.3 Å². The van der Waals surface area contributed by atoms with E-state index in [1.807, 2.05) is 13.8 Å². The molecule has 6 nitrogen and oxygen atoms in total. The van der Waals surface area contributed by atoms with E-state index < -0.39 is 10.0 Å². The van der Waals surface area contributed by atoms with Crippen LogP contribution in [0.1, 0.15) is 29.8 Å². The second-order valence-electron chi connectivity index (χ2n) is 6.49. The van der Waals surface area contributed by atoms with E-state index in [1.165, 1.54) is 24.4 Å². The number of sulfonamides is 1. The van der Waals surface area contributed by atoms with Gasteiger partial charge in [-0.1, -0.05) is 41.9 Å². The van der Waals surface area contributed by atoms with Gasteiger partial charge in [-0.2, -0.15) is 0 Å². The fourth-order valence-corrected chi connectivity index (χ4v) is 3.78. The van der Waals surface area contributed by atoms with Crippen LogP contribution >= 0.6 is 11.6 Å². The summed E-state index contributed by atoms with van der Waals surface area (Å²) < 4.78 is 33.5. The molecule has 1 heterocycles. The van der Waals surface area contributed by atoms with Gasteiger partial charge in [0.25, 0.3) is 10.0 Å². The van der Waals surface area contributed by atoms with E-state index in [4.69, 9.17) is 16.3 Å². The summed E-state index contributed by atoms with van der Waals surface area (Å²) in [5.41, 5.74) is 0.458. The third kappa shape index (κ3) is 5.13. The van der Waals surface area contributed by atoms with Crippen LogP contribution in [0.2, 0.25) is 5.02 Å². The van der Waals surface area contributed by atoms with Gasteiger partial charge in [-0.05, 0) is 44.2 Å². The zero-order valence-electron chi connectivity index (χ0n) is 15.8. The molecule has 0 fully saturated rings. The second-order valence-corrected chi connectivity index (χ2v) is 8.61. The van der Waals surface area contributed by atoms with Crippen LogP contribution in [0.4, 0.5) is 5.82 Å². The number of carbonyl (C=O) groups excluding carboxylic acids is 1. The molecule has 0 aliphatic rings. The number of ketones is 1. The molecule has 0 spiro atoms. The van der Waals surface area contributed by atoms with Gasteiger partial charge in [0.05, 0.1) is 21.6 Å². The number of aromatic nitrogens is 1. The van der Waals surface area contributed by atoms with Crippen molar-refractivity contribution in [1.82, 2.24) is 4.98 Å². The molecule has 0 amide bonds. The van der Waals surface area contributed by atoms with Gasteiger partial charge in [0.15, 0.2) is 11.6 Å². The molecule has 0 atom stereocenters. The van der Waals surface area contributed by atoms with Gasteiger partial charge >= 0.3 is 0 Å². The minimum atomic E-state index is -3.97. The molecular formula is C21H19ClN2O4S. The van der Waals surface area contributed by atoms with Crippen molar-refractivity contribution in [2.24, 2.45) is 0 Å². The number of benzene rings is 2. The molecule has 0 unspecified atom stereocenters. The maximum atomic E-state index is 12.8. The van der Waals surface area contributed by atoms with Crippen molar-refractivity contribution in [3.63, 3.8) is 0 Å². The Morgan fingerprint density at radius 1 is 1.07 bits per heavy atom. The van der Waals surface area contributed by atoms with Crippen molar-refractivity contribution >= 4 is 33.2 Å². The van der Waals surface area contributed by atoms with Gasteiger partial charge < -0.3 is 4.74 Å². The summed E-state index contributed by atoms with van der Waals surface area (Å²) >= 11 is 5.99. The molecule has 0 bridgehead atoms. The molecule has 8 heteroatoms. The zero-order chi connectivity index (χ0) is 21.0. The largest absolute Gasteiger partial charge is 0.491 e. The fraction of sp³-hybridized carbons (Fsp3) is 0.143. The van der Waals surface area contributed by atoms with E-state index in [2.05, 4.69) is 9.71 Å². The number of halogens is 1. The summed E-state index contributed by atoms with van der Waals surface area (Å²) in [5, 5.41) is 0.224. The standard InChI is InChI=1S/C21H19ClN2O4S/c1-14(2)28-17-8-10-18(11-9-17)29(26,27)24-21-19(12-16(22)13-23-21)20(25)15-6-4-3-5-7-15/h3-14H,1-2H3,(H,23,24). The fourth-order valence-electron chi connectivity index (χ4n) is 2.59. The molecule has 0 aliphatic heterocycles. The SMILES string of the molecule is CC(C)Oc1ccc(S(=O)(=O)Nc2ncc(Cl)cc2C(=O)c2ccccc2)cc1. The minimum absolute atomic E-state index is 0.0171. The van der Waals surface area contributed by atoms with Gasteiger partial charge in [-0.3, -0.25) is 9.52 Å². The molecule has 3 rings (SSSR count). The predicted octanol–water partition coefficient (Wildman–Crippen LogP) is 4.55. The summed E-state index contributed by atoms with van der Waals surface area (Å²) in [6.45, 7) is 3.76. The highest BCUT2D eigenvalue weighted by atomic mass is 35.5. The van der Waals surface area contributed by atoms with Crippen LogP contribution in [0.5, 0.6) is 5.75 Å². The zero-order valence-corrected chi connectivity index (χ0v) is 17.4. The van der Waals surface area contributed by atoms with Crippen molar-refractivity contribution in [1.29, 1.82) is 0 Å². The van der Waals surface area contributed by atoms with Crippen molar-refractivity contribution < 1.29 is 17.9 Å². The number of carbonyl (C=O) groups is 1. The Kier molecular flexibility index (Phi) is 6.20.